The first-order valence-corrected chi connectivity index (χ1v) is 6.82. The molecular weight excluding hydrogens is 232 g/mol. The zero-order valence-electron chi connectivity index (χ0n) is 10.9. The van der Waals surface area contributed by atoms with Crippen molar-refractivity contribution in [3.05, 3.63) is 0 Å². The largest absolute Gasteiger partial charge is 0.384 e. The van der Waals surface area contributed by atoms with Crippen LogP contribution in [0.4, 0.5) is 0 Å². The molecule has 2 rings (SSSR count). The molecule has 2 saturated carbocycles. The molecule has 5 nitrogen and oxygen atoms in total. The zero-order valence-corrected chi connectivity index (χ0v) is 10.9. The smallest absolute Gasteiger partial charge is 0.249 e. The van der Waals surface area contributed by atoms with Gasteiger partial charge < -0.3 is 15.7 Å². The highest BCUT2D eigenvalue weighted by Crippen LogP contribution is 2.31. The lowest BCUT2D eigenvalue weighted by atomic mass is 9.95. The van der Waals surface area contributed by atoms with Gasteiger partial charge in [0.1, 0.15) is 11.6 Å². The maximum absolute atomic E-state index is 12.3. The van der Waals surface area contributed by atoms with Gasteiger partial charge in [0.2, 0.25) is 11.8 Å². The molecule has 0 bridgehead atoms. The van der Waals surface area contributed by atoms with Gasteiger partial charge in [-0.05, 0) is 38.5 Å². The van der Waals surface area contributed by atoms with Gasteiger partial charge in [-0.1, -0.05) is 12.8 Å². The van der Waals surface area contributed by atoms with Crippen LogP contribution in [0.15, 0.2) is 0 Å². The highest BCUT2D eigenvalue weighted by molar-refractivity contribution is 5.92. The van der Waals surface area contributed by atoms with Crippen LogP contribution in [0.25, 0.3) is 0 Å². The molecular formula is C13H22N2O3. The SMILES string of the molecule is CC(O)C(=O)NC1(C(=O)NCC2CC2)CCCC1. The van der Waals surface area contributed by atoms with E-state index in [1.54, 1.807) is 0 Å². The Labute approximate surface area is 107 Å². The third-order valence-electron chi connectivity index (χ3n) is 3.88. The molecule has 0 heterocycles. The molecule has 2 amide bonds. The van der Waals surface area contributed by atoms with Crippen LogP contribution in [0.2, 0.25) is 0 Å². The van der Waals surface area contributed by atoms with Crippen molar-refractivity contribution >= 4 is 11.8 Å². The van der Waals surface area contributed by atoms with Crippen LogP contribution in [0, 0.1) is 5.92 Å². The monoisotopic (exact) mass is 254 g/mol. The molecule has 5 heteroatoms. The zero-order chi connectivity index (χ0) is 13.2. The third kappa shape index (κ3) is 3.02. The molecule has 0 aromatic rings. The molecule has 0 aromatic carbocycles. The number of hydrogen-bond acceptors (Lipinski definition) is 3. The summed E-state index contributed by atoms with van der Waals surface area (Å²) in [5, 5.41) is 14.9. The quantitative estimate of drug-likeness (QED) is 0.661. The maximum Gasteiger partial charge on any atom is 0.249 e. The summed E-state index contributed by atoms with van der Waals surface area (Å²) in [7, 11) is 0. The summed E-state index contributed by atoms with van der Waals surface area (Å²) in [6.45, 7) is 2.13. The summed E-state index contributed by atoms with van der Waals surface area (Å²) in [6.07, 6.45) is 4.53. The Morgan fingerprint density at radius 3 is 2.44 bits per heavy atom. The van der Waals surface area contributed by atoms with Gasteiger partial charge in [-0.15, -0.1) is 0 Å². The predicted octanol–water partition coefficient (Wildman–Crippen LogP) is 0.322. The van der Waals surface area contributed by atoms with Crippen LogP contribution >= 0.6 is 0 Å². The lowest BCUT2D eigenvalue weighted by Crippen LogP contribution is -2.59. The van der Waals surface area contributed by atoms with E-state index in [2.05, 4.69) is 10.6 Å². The van der Waals surface area contributed by atoms with Crippen molar-refractivity contribution in [1.29, 1.82) is 0 Å². The summed E-state index contributed by atoms with van der Waals surface area (Å²) in [6, 6.07) is 0. The molecule has 2 aliphatic rings. The Hall–Kier alpha value is -1.10. The molecule has 1 atom stereocenters. The lowest BCUT2D eigenvalue weighted by Gasteiger charge is -2.29. The predicted molar refractivity (Wildman–Crippen MR) is 66.8 cm³/mol. The summed E-state index contributed by atoms with van der Waals surface area (Å²) >= 11 is 0. The molecule has 0 aromatic heterocycles. The number of amides is 2. The maximum atomic E-state index is 12.3. The number of aliphatic hydroxyl groups excluding tert-OH is 1. The van der Waals surface area contributed by atoms with Gasteiger partial charge in [0.15, 0.2) is 0 Å². The van der Waals surface area contributed by atoms with Gasteiger partial charge in [0, 0.05) is 6.54 Å². The van der Waals surface area contributed by atoms with Crippen LogP contribution in [0.1, 0.15) is 45.4 Å². The molecule has 18 heavy (non-hydrogen) atoms. The fourth-order valence-corrected chi connectivity index (χ4v) is 2.46. The van der Waals surface area contributed by atoms with E-state index in [4.69, 9.17) is 0 Å². The molecule has 0 spiro atoms. The average Bonchev–Trinajstić information content (AvgIpc) is 3.04. The molecule has 1 unspecified atom stereocenters. The van der Waals surface area contributed by atoms with E-state index in [0.717, 1.165) is 12.8 Å². The van der Waals surface area contributed by atoms with Gasteiger partial charge in [-0.25, -0.2) is 0 Å². The van der Waals surface area contributed by atoms with E-state index in [1.165, 1.54) is 19.8 Å². The first-order chi connectivity index (χ1) is 8.53. The highest BCUT2D eigenvalue weighted by Gasteiger charge is 2.43. The van der Waals surface area contributed by atoms with E-state index in [1.807, 2.05) is 0 Å². The summed E-state index contributed by atoms with van der Waals surface area (Å²) in [4.78, 5) is 23.9. The average molecular weight is 254 g/mol. The molecule has 3 N–H and O–H groups in total. The van der Waals surface area contributed by atoms with Crippen molar-refractivity contribution in [2.75, 3.05) is 6.54 Å². The van der Waals surface area contributed by atoms with Crippen molar-refractivity contribution in [2.24, 2.45) is 5.92 Å². The second-order valence-corrected chi connectivity index (χ2v) is 5.61. The Morgan fingerprint density at radius 2 is 1.94 bits per heavy atom. The second kappa shape index (κ2) is 5.26. The Morgan fingerprint density at radius 1 is 1.33 bits per heavy atom. The van der Waals surface area contributed by atoms with Crippen LogP contribution in [0.3, 0.4) is 0 Å². The molecule has 2 fully saturated rings. The fourth-order valence-electron chi connectivity index (χ4n) is 2.46. The van der Waals surface area contributed by atoms with Gasteiger partial charge in [0.05, 0.1) is 0 Å². The number of hydrogen-bond donors (Lipinski definition) is 3. The number of rotatable bonds is 5. The molecule has 0 saturated heterocycles. The molecule has 2 aliphatic carbocycles. The third-order valence-corrected chi connectivity index (χ3v) is 3.88. The molecule has 0 aliphatic heterocycles. The second-order valence-electron chi connectivity index (χ2n) is 5.61. The Balaban J connectivity index is 1.95. The minimum absolute atomic E-state index is 0.0825. The van der Waals surface area contributed by atoms with Gasteiger partial charge >= 0.3 is 0 Å². The van der Waals surface area contributed by atoms with Crippen LogP contribution < -0.4 is 10.6 Å². The fraction of sp³-hybridized carbons (Fsp3) is 0.846. The van der Waals surface area contributed by atoms with Crippen molar-refractivity contribution in [3.63, 3.8) is 0 Å². The van der Waals surface area contributed by atoms with Crippen LogP contribution in [-0.2, 0) is 9.59 Å². The van der Waals surface area contributed by atoms with Crippen LogP contribution in [-0.4, -0.2) is 35.1 Å². The Kier molecular flexibility index (Phi) is 3.90. The van der Waals surface area contributed by atoms with E-state index < -0.39 is 17.6 Å². The lowest BCUT2D eigenvalue weighted by molar-refractivity contribution is -0.137. The van der Waals surface area contributed by atoms with Gasteiger partial charge in [-0.3, -0.25) is 9.59 Å². The Bertz CT molecular complexity index is 331. The van der Waals surface area contributed by atoms with E-state index in [9.17, 15) is 14.7 Å². The van der Waals surface area contributed by atoms with Crippen molar-refractivity contribution in [3.8, 4) is 0 Å². The first kappa shape index (κ1) is 13.3. The van der Waals surface area contributed by atoms with Crippen molar-refractivity contribution in [1.82, 2.24) is 10.6 Å². The number of carbonyl (C=O) groups excluding carboxylic acids is 2. The van der Waals surface area contributed by atoms with E-state index >= 15 is 0 Å². The van der Waals surface area contributed by atoms with E-state index in [-0.39, 0.29) is 5.91 Å². The first-order valence-electron chi connectivity index (χ1n) is 6.82. The summed E-state index contributed by atoms with van der Waals surface area (Å²) in [5.74, 6) is 0.0826. The number of aliphatic hydroxyl groups is 1. The topological polar surface area (TPSA) is 78.4 Å². The molecule has 102 valence electrons. The van der Waals surface area contributed by atoms with Crippen LogP contribution in [0.5, 0.6) is 0 Å². The van der Waals surface area contributed by atoms with Crippen molar-refractivity contribution in [2.45, 2.75) is 57.1 Å². The minimum Gasteiger partial charge on any atom is -0.384 e. The van der Waals surface area contributed by atoms with Crippen molar-refractivity contribution < 1.29 is 14.7 Å². The summed E-state index contributed by atoms with van der Waals surface area (Å²) < 4.78 is 0. The normalized spacial score (nSPS) is 23.4. The highest BCUT2D eigenvalue weighted by atomic mass is 16.3. The van der Waals surface area contributed by atoms with Gasteiger partial charge in [-0.2, -0.15) is 0 Å². The van der Waals surface area contributed by atoms with Gasteiger partial charge in [0.25, 0.3) is 0 Å². The standard InChI is InChI=1S/C13H22N2O3/c1-9(16)11(17)15-13(6-2-3-7-13)12(18)14-8-10-4-5-10/h9-10,16H,2-8H2,1H3,(H,14,18)(H,15,17). The number of carbonyl (C=O) groups is 2. The summed E-state index contributed by atoms with van der Waals surface area (Å²) in [5.41, 5.74) is -0.789. The minimum atomic E-state index is -1.07. The number of nitrogens with one attached hydrogen (secondary N) is 2. The van der Waals surface area contributed by atoms with E-state index in [0.29, 0.717) is 25.3 Å². The molecule has 0 radical (unpaired) electrons.